The summed E-state index contributed by atoms with van der Waals surface area (Å²) in [6, 6.07) is 5.27. The molecule has 0 amide bonds. The van der Waals surface area contributed by atoms with Crippen molar-refractivity contribution in [3.63, 3.8) is 0 Å². The molecule has 4 aliphatic rings. The molecule has 0 nitrogen and oxygen atoms in total. The normalized spacial score (nSPS) is 41.5. The van der Waals surface area contributed by atoms with Crippen LogP contribution < -0.4 is 0 Å². The highest BCUT2D eigenvalue weighted by Gasteiger charge is 2.42. The quantitative estimate of drug-likeness (QED) is 0.594. The van der Waals surface area contributed by atoms with Crippen molar-refractivity contribution in [3.05, 3.63) is 34.4 Å². The molecule has 0 N–H and O–H groups in total. The fourth-order valence-corrected chi connectivity index (χ4v) is 5.18. The smallest absolute Gasteiger partial charge is 0.0153 e. The van der Waals surface area contributed by atoms with Crippen LogP contribution in [-0.4, -0.2) is 0 Å². The Labute approximate surface area is 97.1 Å². The molecule has 0 spiro atoms. The van der Waals surface area contributed by atoms with Crippen molar-refractivity contribution in [2.24, 2.45) is 0 Å². The van der Waals surface area contributed by atoms with Gasteiger partial charge in [0.15, 0.2) is 0 Å². The van der Waals surface area contributed by atoms with Crippen molar-refractivity contribution >= 4 is 0 Å². The Bertz CT molecular complexity index is 401. The molecule has 0 heteroatoms. The second-order valence-electron chi connectivity index (χ2n) is 6.52. The van der Waals surface area contributed by atoms with Crippen molar-refractivity contribution < 1.29 is 0 Å². The van der Waals surface area contributed by atoms with Crippen molar-refractivity contribution in [2.75, 3.05) is 0 Å². The van der Waals surface area contributed by atoms with E-state index in [-0.39, 0.29) is 0 Å². The van der Waals surface area contributed by atoms with Gasteiger partial charge in [-0.25, -0.2) is 0 Å². The third kappa shape index (κ3) is 0.815. The average molecular weight is 210 g/mol. The van der Waals surface area contributed by atoms with Crippen LogP contribution in [0.2, 0.25) is 0 Å². The zero-order valence-corrected chi connectivity index (χ0v) is 9.71. The monoisotopic (exact) mass is 210 g/mol. The molecule has 82 valence electrons. The molecule has 0 radical (unpaired) electrons. The Morgan fingerprint density at radius 3 is 1.19 bits per heavy atom. The fraction of sp³-hybridized carbons (Fsp3) is 0.625. The summed E-state index contributed by atoms with van der Waals surface area (Å²) in [7, 11) is 0. The molecule has 1 aromatic carbocycles. The van der Waals surface area contributed by atoms with Crippen LogP contribution in [0.4, 0.5) is 0 Å². The van der Waals surface area contributed by atoms with Gasteiger partial charge in [0.1, 0.15) is 0 Å². The van der Waals surface area contributed by atoms with Crippen LogP contribution in [0.5, 0.6) is 0 Å². The van der Waals surface area contributed by atoms with E-state index in [1.807, 2.05) is 0 Å². The van der Waals surface area contributed by atoms with Crippen LogP contribution in [0.25, 0.3) is 0 Å². The minimum absolute atomic E-state index is 0.949. The van der Waals surface area contributed by atoms with E-state index >= 15 is 0 Å². The zero-order chi connectivity index (χ0) is 10.3. The molecule has 4 unspecified atom stereocenters. The summed E-state index contributed by atoms with van der Waals surface area (Å²) in [5.41, 5.74) is 7.06. The molecule has 2 fully saturated rings. The second kappa shape index (κ2) is 2.55. The zero-order valence-electron chi connectivity index (χ0n) is 9.71. The van der Waals surface area contributed by atoms with E-state index in [1.54, 1.807) is 22.3 Å². The van der Waals surface area contributed by atoms with Crippen LogP contribution >= 0.6 is 0 Å². The maximum Gasteiger partial charge on any atom is -0.0153 e. The van der Waals surface area contributed by atoms with E-state index in [0.29, 0.717) is 0 Å². The maximum atomic E-state index is 2.64. The molecule has 1 aromatic rings. The van der Waals surface area contributed by atoms with Crippen LogP contribution in [0.1, 0.15) is 84.5 Å². The minimum atomic E-state index is 0.949. The van der Waals surface area contributed by atoms with Gasteiger partial charge in [-0.2, -0.15) is 0 Å². The first-order chi connectivity index (χ1) is 7.90. The molecular formula is C16H18. The standard InChI is InChI=1S/C16H18/c1-2-10-5-9(1)13-7-15-11-3-4-12(6-11)16(15)8-14(10)13/h7-12H,1-6H2. The fourth-order valence-electron chi connectivity index (χ4n) is 5.18. The first-order valence-corrected chi connectivity index (χ1v) is 7.08. The summed E-state index contributed by atoms with van der Waals surface area (Å²) in [5.74, 6) is 3.79. The molecule has 0 heterocycles. The van der Waals surface area contributed by atoms with E-state index < -0.39 is 0 Å². The largest absolute Gasteiger partial charge is 0.0547 e. The highest BCUT2D eigenvalue weighted by atomic mass is 14.5. The second-order valence-corrected chi connectivity index (χ2v) is 6.52. The van der Waals surface area contributed by atoms with E-state index in [4.69, 9.17) is 0 Å². The van der Waals surface area contributed by atoms with E-state index in [2.05, 4.69) is 12.1 Å². The lowest BCUT2D eigenvalue weighted by molar-refractivity contribution is 0.690. The van der Waals surface area contributed by atoms with Gasteiger partial charge >= 0.3 is 0 Å². The third-order valence-electron chi connectivity index (χ3n) is 5.91. The van der Waals surface area contributed by atoms with E-state index in [1.165, 1.54) is 38.5 Å². The predicted molar refractivity (Wildman–Crippen MR) is 65.1 cm³/mol. The molecule has 4 aliphatic carbocycles. The number of rotatable bonds is 0. The first-order valence-electron chi connectivity index (χ1n) is 7.08. The number of fused-ring (bicyclic) bond motifs is 10. The molecule has 0 saturated heterocycles. The molecule has 4 bridgehead atoms. The van der Waals surface area contributed by atoms with Gasteiger partial charge < -0.3 is 0 Å². The van der Waals surface area contributed by atoms with Crippen molar-refractivity contribution in [1.82, 2.24) is 0 Å². The summed E-state index contributed by atoms with van der Waals surface area (Å²) < 4.78 is 0. The lowest BCUT2D eigenvalue weighted by Gasteiger charge is -2.22. The Morgan fingerprint density at radius 2 is 0.875 bits per heavy atom. The van der Waals surface area contributed by atoms with Crippen LogP contribution in [0.3, 0.4) is 0 Å². The van der Waals surface area contributed by atoms with Gasteiger partial charge in [-0.1, -0.05) is 12.1 Å². The average Bonchev–Trinajstić information content (AvgIpc) is 3.07. The van der Waals surface area contributed by atoms with Crippen molar-refractivity contribution in [1.29, 1.82) is 0 Å². The predicted octanol–water partition coefficient (Wildman–Crippen LogP) is 4.42. The van der Waals surface area contributed by atoms with E-state index in [9.17, 15) is 0 Å². The van der Waals surface area contributed by atoms with Crippen LogP contribution in [0.15, 0.2) is 12.1 Å². The molecule has 5 rings (SSSR count). The summed E-state index contributed by atoms with van der Waals surface area (Å²) in [5, 5.41) is 0. The van der Waals surface area contributed by atoms with Crippen LogP contribution in [0, 0.1) is 0 Å². The molecule has 0 aliphatic heterocycles. The Hall–Kier alpha value is -0.780. The van der Waals surface area contributed by atoms with Gasteiger partial charge in [0.05, 0.1) is 0 Å². The van der Waals surface area contributed by atoms with Gasteiger partial charge in [0.25, 0.3) is 0 Å². The topological polar surface area (TPSA) is 0 Å². The van der Waals surface area contributed by atoms with Gasteiger partial charge in [0.2, 0.25) is 0 Å². The number of benzene rings is 1. The molecule has 16 heavy (non-hydrogen) atoms. The molecular weight excluding hydrogens is 192 g/mol. The minimum Gasteiger partial charge on any atom is -0.0547 e. The maximum absolute atomic E-state index is 2.64. The Kier molecular flexibility index (Phi) is 1.33. The van der Waals surface area contributed by atoms with E-state index in [0.717, 1.165) is 23.7 Å². The lowest BCUT2D eigenvalue weighted by Crippen LogP contribution is -2.04. The van der Waals surface area contributed by atoms with Gasteiger partial charge in [-0.15, -0.1) is 0 Å². The Balaban J connectivity index is 1.77. The lowest BCUT2D eigenvalue weighted by atomic mass is 9.83. The molecule has 4 atom stereocenters. The first kappa shape index (κ1) is 8.33. The molecule has 0 aromatic heterocycles. The molecule has 2 saturated carbocycles. The summed E-state index contributed by atoms with van der Waals surface area (Å²) >= 11 is 0. The van der Waals surface area contributed by atoms with Gasteiger partial charge in [0, 0.05) is 0 Å². The summed E-state index contributed by atoms with van der Waals surface area (Å²) in [4.78, 5) is 0. The highest BCUT2D eigenvalue weighted by molar-refractivity contribution is 5.52. The Morgan fingerprint density at radius 1 is 0.562 bits per heavy atom. The van der Waals surface area contributed by atoms with Gasteiger partial charge in [-0.3, -0.25) is 0 Å². The number of hydrogen-bond donors (Lipinski definition) is 0. The SMILES string of the molecule is c1c2c(cc3c1C1CCC3C1)C1CCC2C1. The summed E-state index contributed by atoms with van der Waals surface area (Å²) in [6.07, 6.45) is 8.87. The third-order valence-corrected chi connectivity index (χ3v) is 5.91. The van der Waals surface area contributed by atoms with Crippen LogP contribution in [-0.2, 0) is 0 Å². The van der Waals surface area contributed by atoms with Crippen molar-refractivity contribution in [2.45, 2.75) is 62.2 Å². The highest BCUT2D eigenvalue weighted by Crippen LogP contribution is 2.59. The van der Waals surface area contributed by atoms with Crippen molar-refractivity contribution in [3.8, 4) is 0 Å². The van der Waals surface area contributed by atoms with Gasteiger partial charge in [-0.05, 0) is 84.5 Å². The number of hydrogen-bond acceptors (Lipinski definition) is 0. The summed E-state index contributed by atoms with van der Waals surface area (Å²) in [6.45, 7) is 0.